The van der Waals surface area contributed by atoms with Crippen molar-refractivity contribution in [2.75, 3.05) is 0 Å². The molecule has 2 rings (SSSR count). The van der Waals surface area contributed by atoms with Crippen LogP contribution in [0.4, 0.5) is 0 Å². The van der Waals surface area contributed by atoms with Crippen molar-refractivity contribution in [3.05, 3.63) is 52.1 Å². The van der Waals surface area contributed by atoms with E-state index in [1.54, 1.807) is 13.0 Å². The van der Waals surface area contributed by atoms with Gasteiger partial charge in [-0.15, -0.1) is 0 Å². The van der Waals surface area contributed by atoms with Gasteiger partial charge in [-0.05, 0) is 70.2 Å². The molecule has 1 aromatic rings. The SMILES string of the molecule is CC.CC.CC.CC.CC.CC1=CC=C(C)CC1.CCC.Cc1cc(C)c(S(=O)(=O)O)cc1C. The van der Waals surface area contributed by atoms with E-state index in [-0.39, 0.29) is 4.90 Å². The summed E-state index contributed by atoms with van der Waals surface area (Å²) in [5, 5.41) is 0. The molecular formula is C30H62O3S. The van der Waals surface area contributed by atoms with Crippen molar-refractivity contribution in [3.63, 3.8) is 0 Å². The molecule has 0 amide bonds. The maximum atomic E-state index is 10.9. The number of hydrogen-bond acceptors (Lipinski definition) is 2. The standard InChI is InChI=1S/C9H12O3S.C8H12.C3H8.5C2H6/c1-6-4-8(3)9(5-7(6)2)13(10,11)12;1-7-3-5-8(2)6-4-7;1-3-2;5*1-2/h4-5H,1-3H3,(H,10,11,12);3,5H,4,6H2,1-2H3;3H2,1-2H3;5*1-2H3. The highest BCUT2D eigenvalue weighted by Gasteiger charge is 2.13. The molecule has 4 heteroatoms. The highest BCUT2D eigenvalue weighted by Crippen LogP contribution is 2.19. The van der Waals surface area contributed by atoms with E-state index < -0.39 is 10.1 Å². The molecule has 3 nitrogen and oxygen atoms in total. The highest BCUT2D eigenvalue weighted by molar-refractivity contribution is 7.85. The number of allylic oxidation sites excluding steroid dienone is 4. The first-order chi connectivity index (χ1) is 16.0. The summed E-state index contributed by atoms with van der Waals surface area (Å²) in [6.07, 6.45) is 8.20. The van der Waals surface area contributed by atoms with Crippen molar-refractivity contribution in [3.8, 4) is 0 Å². The molecule has 0 bridgehead atoms. The molecule has 0 aromatic heterocycles. The number of aryl methyl sites for hydroxylation is 3. The predicted molar refractivity (Wildman–Crippen MR) is 160 cm³/mol. The van der Waals surface area contributed by atoms with Gasteiger partial charge in [-0.3, -0.25) is 4.55 Å². The van der Waals surface area contributed by atoms with Crippen LogP contribution in [0, 0.1) is 20.8 Å². The quantitative estimate of drug-likeness (QED) is 0.388. The second-order valence-electron chi connectivity index (χ2n) is 6.41. The van der Waals surface area contributed by atoms with Crippen LogP contribution in [0.1, 0.15) is 133 Å². The van der Waals surface area contributed by atoms with Gasteiger partial charge in [-0.2, -0.15) is 8.42 Å². The lowest BCUT2D eigenvalue weighted by atomic mass is 10.0. The van der Waals surface area contributed by atoms with E-state index in [0.29, 0.717) is 5.56 Å². The Morgan fingerprint density at radius 3 is 1.12 bits per heavy atom. The highest BCUT2D eigenvalue weighted by atomic mass is 32.2. The van der Waals surface area contributed by atoms with Crippen LogP contribution in [0.3, 0.4) is 0 Å². The van der Waals surface area contributed by atoms with Gasteiger partial charge in [0.25, 0.3) is 10.1 Å². The molecular weight excluding hydrogens is 440 g/mol. The minimum atomic E-state index is -4.07. The smallest absolute Gasteiger partial charge is 0.282 e. The maximum Gasteiger partial charge on any atom is 0.294 e. The van der Waals surface area contributed by atoms with Crippen LogP contribution in [0.15, 0.2) is 40.3 Å². The summed E-state index contributed by atoms with van der Waals surface area (Å²) in [7, 11) is -4.07. The third-order valence-electron chi connectivity index (χ3n) is 3.64. The Labute approximate surface area is 216 Å². The first-order valence-electron chi connectivity index (χ1n) is 13.4. The Morgan fingerprint density at radius 1 is 0.618 bits per heavy atom. The fourth-order valence-corrected chi connectivity index (χ4v) is 2.85. The molecule has 0 saturated heterocycles. The fraction of sp³-hybridized carbons (Fsp3) is 0.667. The van der Waals surface area contributed by atoms with Crippen LogP contribution < -0.4 is 0 Å². The largest absolute Gasteiger partial charge is 0.294 e. The van der Waals surface area contributed by atoms with Crippen molar-refractivity contribution in [2.45, 2.75) is 142 Å². The van der Waals surface area contributed by atoms with E-state index in [1.165, 1.54) is 36.5 Å². The van der Waals surface area contributed by atoms with Gasteiger partial charge in [-0.1, -0.05) is 119 Å². The van der Waals surface area contributed by atoms with Crippen molar-refractivity contribution < 1.29 is 13.0 Å². The molecule has 0 spiro atoms. The van der Waals surface area contributed by atoms with Gasteiger partial charge in [0.05, 0.1) is 4.90 Å². The first kappa shape index (κ1) is 46.0. The van der Waals surface area contributed by atoms with Crippen LogP contribution in [0.5, 0.6) is 0 Å². The van der Waals surface area contributed by atoms with Gasteiger partial charge >= 0.3 is 0 Å². The van der Waals surface area contributed by atoms with E-state index >= 15 is 0 Å². The summed E-state index contributed by atoms with van der Waals surface area (Å²) >= 11 is 0. The number of rotatable bonds is 1. The average molecular weight is 503 g/mol. The molecule has 1 aliphatic rings. The second kappa shape index (κ2) is 33.8. The van der Waals surface area contributed by atoms with Crippen LogP contribution in [0.2, 0.25) is 0 Å². The lowest BCUT2D eigenvalue weighted by Gasteiger charge is -2.06. The molecule has 34 heavy (non-hydrogen) atoms. The van der Waals surface area contributed by atoms with Gasteiger partial charge in [0, 0.05) is 0 Å². The molecule has 1 N–H and O–H groups in total. The Hall–Kier alpha value is -1.39. The van der Waals surface area contributed by atoms with Crippen LogP contribution in [-0.4, -0.2) is 13.0 Å². The Kier molecular flexibility index (Phi) is 45.7. The average Bonchev–Trinajstić information content (AvgIpc) is 2.85. The molecule has 0 radical (unpaired) electrons. The summed E-state index contributed by atoms with van der Waals surface area (Å²) in [4.78, 5) is -0.00407. The summed E-state index contributed by atoms with van der Waals surface area (Å²) in [6.45, 7) is 34.0. The minimum absolute atomic E-state index is 0.00407. The normalized spacial score (nSPS) is 10.5. The third-order valence-corrected chi connectivity index (χ3v) is 4.63. The van der Waals surface area contributed by atoms with Crippen molar-refractivity contribution in [1.82, 2.24) is 0 Å². The van der Waals surface area contributed by atoms with Crippen molar-refractivity contribution >= 4 is 10.1 Å². The lowest BCUT2D eigenvalue weighted by molar-refractivity contribution is 0.482. The van der Waals surface area contributed by atoms with Crippen LogP contribution in [-0.2, 0) is 10.1 Å². The Morgan fingerprint density at radius 2 is 0.882 bits per heavy atom. The first-order valence-corrected chi connectivity index (χ1v) is 14.8. The summed E-state index contributed by atoms with van der Waals surface area (Å²) in [5.41, 5.74) is 5.47. The van der Waals surface area contributed by atoms with E-state index in [2.05, 4.69) is 39.8 Å². The second-order valence-corrected chi connectivity index (χ2v) is 7.80. The van der Waals surface area contributed by atoms with E-state index in [0.717, 1.165) is 11.1 Å². The Bertz CT molecular complexity index is 680. The van der Waals surface area contributed by atoms with Gasteiger partial charge in [-0.25, -0.2) is 0 Å². The molecule has 1 aromatic carbocycles. The zero-order valence-electron chi connectivity index (χ0n) is 26.1. The van der Waals surface area contributed by atoms with Crippen molar-refractivity contribution in [2.24, 2.45) is 0 Å². The lowest BCUT2D eigenvalue weighted by Crippen LogP contribution is -2.02. The topological polar surface area (TPSA) is 54.4 Å². The monoisotopic (exact) mass is 502 g/mol. The molecule has 0 fully saturated rings. The van der Waals surface area contributed by atoms with Crippen LogP contribution in [0.25, 0.3) is 0 Å². The minimum Gasteiger partial charge on any atom is -0.282 e. The zero-order chi connectivity index (χ0) is 28.9. The fourth-order valence-electron chi connectivity index (χ4n) is 2.06. The van der Waals surface area contributed by atoms with E-state index in [4.69, 9.17) is 4.55 Å². The zero-order valence-corrected chi connectivity index (χ0v) is 26.9. The molecule has 206 valence electrons. The molecule has 1 aliphatic carbocycles. The van der Waals surface area contributed by atoms with Gasteiger partial charge < -0.3 is 0 Å². The summed E-state index contributed by atoms with van der Waals surface area (Å²) in [5.74, 6) is 0. The molecule has 0 aliphatic heterocycles. The number of hydrogen-bond donors (Lipinski definition) is 1. The summed E-state index contributed by atoms with van der Waals surface area (Å²) in [6, 6.07) is 3.23. The third kappa shape index (κ3) is 28.6. The number of benzene rings is 1. The molecule has 0 saturated carbocycles. The van der Waals surface area contributed by atoms with Gasteiger partial charge in [0.15, 0.2) is 0 Å². The van der Waals surface area contributed by atoms with E-state index in [1.807, 2.05) is 83.1 Å². The van der Waals surface area contributed by atoms with E-state index in [9.17, 15) is 8.42 Å². The van der Waals surface area contributed by atoms with Crippen molar-refractivity contribution in [1.29, 1.82) is 0 Å². The van der Waals surface area contributed by atoms with Crippen LogP contribution >= 0.6 is 0 Å². The maximum absolute atomic E-state index is 10.9. The molecule has 0 heterocycles. The molecule has 0 unspecified atom stereocenters. The predicted octanol–water partition coefficient (Wildman–Crippen LogP) is 11.1. The Balaban J connectivity index is -0.0000000803. The summed E-state index contributed by atoms with van der Waals surface area (Å²) < 4.78 is 30.6. The molecule has 0 atom stereocenters. The van der Waals surface area contributed by atoms with Gasteiger partial charge in [0.1, 0.15) is 0 Å². The van der Waals surface area contributed by atoms with Gasteiger partial charge in [0.2, 0.25) is 0 Å².